The number of benzene rings is 2. The van der Waals surface area contributed by atoms with E-state index in [4.69, 9.17) is 0 Å². The van der Waals surface area contributed by atoms with Gasteiger partial charge in [-0.05, 0) is 54.7 Å². The van der Waals surface area contributed by atoms with E-state index in [-0.39, 0.29) is 17.5 Å². The van der Waals surface area contributed by atoms with E-state index in [1.54, 1.807) is 24.3 Å². The lowest BCUT2D eigenvalue weighted by atomic mass is 9.64. The second kappa shape index (κ2) is 7.81. The molecule has 138 valence electrons. The van der Waals surface area contributed by atoms with Crippen LogP contribution in [-0.2, 0) is 16.6 Å². The molecule has 1 aliphatic rings. The zero-order valence-corrected chi connectivity index (χ0v) is 14.2. The van der Waals surface area contributed by atoms with Gasteiger partial charge in [0.2, 0.25) is 5.91 Å². The Morgan fingerprint density at radius 1 is 1.08 bits per heavy atom. The summed E-state index contributed by atoms with van der Waals surface area (Å²) in [6.07, 6.45) is 3.06. The Labute approximate surface area is 150 Å². The van der Waals surface area contributed by atoms with Crippen LogP contribution in [0.5, 0.6) is 5.75 Å². The van der Waals surface area contributed by atoms with Crippen LogP contribution in [0.1, 0.15) is 30.4 Å². The molecule has 2 aromatic rings. The third kappa shape index (κ3) is 4.00. The Kier molecular flexibility index (Phi) is 5.49. The van der Waals surface area contributed by atoms with E-state index >= 15 is 0 Å². The second-order valence-electron chi connectivity index (χ2n) is 6.47. The highest BCUT2D eigenvalue weighted by atomic mass is 19.3. The summed E-state index contributed by atoms with van der Waals surface area (Å²) in [5, 5.41) is 2.95. The van der Waals surface area contributed by atoms with Gasteiger partial charge in [-0.1, -0.05) is 30.7 Å². The van der Waals surface area contributed by atoms with E-state index in [0.29, 0.717) is 13.0 Å². The number of carbonyl (C=O) groups excluding carboxylic acids is 1. The third-order valence-electron chi connectivity index (χ3n) is 4.89. The van der Waals surface area contributed by atoms with Gasteiger partial charge in [0.05, 0.1) is 5.41 Å². The lowest BCUT2D eigenvalue weighted by molar-refractivity contribution is -0.129. The molecule has 3 nitrogen and oxygen atoms in total. The van der Waals surface area contributed by atoms with E-state index in [2.05, 4.69) is 10.1 Å². The van der Waals surface area contributed by atoms with Crippen LogP contribution in [0, 0.1) is 5.82 Å². The molecule has 0 heterocycles. The summed E-state index contributed by atoms with van der Waals surface area (Å²) < 4.78 is 41.7. The SMILES string of the molecule is O=C(NCCc1ccc(OC(F)F)cc1)C1(c2ccc(F)cc2)CCC1. The molecule has 1 aliphatic carbocycles. The van der Waals surface area contributed by atoms with E-state index in [9.17, 15) is 18.0 Å². The van der Waals surface area contributed by atoms with Crippen LogP contribution in [0.2, 0.25) is 0 Å². The van der Waals surface area contributed by atoms with Gasteiger partial charge in [-0.2, -0.15) is 8.78 Å². The Hall–Kier alpha value is -2.50. The fourth-order valence-electron chi connectivity index (χ4n) is 3.27. The number of hydrogen-bond acceptors (Lipinski definition) is 2. The molecule has 0 bridgehead atoms. The molecule has 6 heteroatoms. The van der Waals surface area contributed by atoms with Crippen LogP contribution in [0.4, 0.5) is 13.2 Å². The molecule has 1 amide bonds. The van der Waals surface area contributed by atoms with Gasteiger partial charge >= 0.3 is 6.61 Å². The smallest absolute Gasteiger partial charge is 0.387 e. The summed E-state index contributed by atoms with van der Waals surface area (Å²) in [7, 11) is 0. The zero-order valence-electron chi connectivity index (χ0n) is 14.2. The number of carbonyl (C=O) groups is 1. The number of alkyl halides is 2. The highest BCUT2D eigenvalue weighted by Gasteiger charge is 2.45. The number of nitrogens with one attached hydrogen (secondary N) is 1. The third-order valence-corrected chi connectivity index (χ3v) is 4.89. The predicted molar refractivity (Wildman–Crippen MR) is 91.7 cm³/mol. The van der Waals surface area contributed by atoms with Crippen LogP contribution in [0.15, 0.2) is 48.5 Å². The maximum atomic E-state index is 13.1. The lowest BCUT2D eigenvalue weighted by Crippen LogP contribution is -2.49. The molecule has 1 saturated carbocycles. The maximum absolute atomic E-state index is 13.1. The summed E-state index contributed by atoms with van der Waals surface area (Å²) in [6.45, 7) is -2.40. The van der Waals surface area contributed by atoms with Crippen molar-refractivity contribution < 1.29 is 22.7 Å². The first-order chi connectivity index (χ1) is 12.5. The van der Waals surface area contributed by atoms with Gasteiger partial charge < -0.3 is 10.1 Å². The molecular formula is C20H20F3NO2. The summed E-state index contributed by atoms with van der Waals surface area (Å²) in [6, 6.07) is 12.5. The van der Waals surface area contributed by atoms with Gasteiger partial charge in [-0.15, -0.1) is 0 Å². The normalized spacial score (nSPS) is 15.4. The number of ether oxygens (including phenoxy) is 1. The first-order valence-corrected chi connectivity index (χ1v) is 8.58. The maximum Gasteiger partial charge on any atom is 0.387 e. The van der Waals surface area contributed by atoms with Crippen molar-refractivity contribution in [2.24, 2.45) is 0 Å². The average Bonchev–Trinajstić information content (AvgIpc) is 2.57. The van der Waals surface area contributed by atoms with Crippen LogP contribution in [-0.4, -0.2) is 19.1 Å². The average molecular weight is 363 g/mol. The monoisotopic (exact) mass is 363 g/mol. The molecule has 0 aliphatic heterocycles. The van der Waals surface area contributed by atoms with Crippen molar-refractivity contribution in [3.8, 4) is 5.75 Å². The van der Waals surface area contributed by atoms with Crippen LogP contribution < -0.4 is 10.1 Å². The summed E-state index contributed by atoms with van der Waals surface area (Å²) >= 11 is 0. The minimum Gasteiger partial charge on any atom is -0.435 e. The molecule has 26 heavy (non-hydrogen) atoms. The molecule has 0 spiro atoms. The highest BCUT2D eigenvalue weighted by molar-refractivity contribution is 5.89. The fraction of sp³-hybridized carbons (Fsp3) is 0.350. The molecule has 1 fully saturated rings. The van der Waals surface area contributed by atoms with Crippen molar-refractivity contribution in [2.45, 2.75) is 37.7 Å². The Bertz CT molecular complexity index is 741. The summed E-state index contributed by atoms with van der Waals surface area (Å²) in [5.74, 6) is -0.256. The zero-order chi connectivity index (χ0) is 18.6. The minimum absolute atomic E-state index is 0.0481. The van der Waals surface area contributed by atoms with E-state index in [1.807, 2.05) is 0 Å². The molecular weight excluding hydrogens is 343 g/mol. The molecule has 0 atom stereocenters. The molecule has 0 aromatic heterocycles. The Morgan fingerprint density at radius 2 is 1.73 bits per heavy atom. The van der Waals surface area contributed by atoms with Gasteiger partial charge in [0, 0.05) is 6.54 Å². The topological polar surface area (TPSA) is 38.3 Å². The molecule has 2 aromatic carbocycles. The molecule has 1 N–H and O–H groups in total. The molecule has 0 unspecified atom stereocenters. The standard InChI is InChI=1S/C20H20F3NO2/c21-16-6-4-15(5-7-16)20(11-1-12-20)18(25)24-13-10-14-2-8-17(9-3-14)26-19(22)23/h2-9,19H,1,10-13H2,(H,24,25). The van der Waals surface area contributed by atoms with Crippen molar-refractivity contribution in [3.05, 3.63) is 65.5 Å². The van der Waals surface area contributed by atoms with Crippen molar-refractivity contribution >= 4 is 5.91 Å². The molecule has 0 radical (unpaired) electrons. The van der Waals surface area contributed by atoms with Crippen molar-refractivity contribution in [3.63, 3.8) is 0 Å². The number of halogens is 3. The van der Waals surface area contributed by atoms with Crippen molar-refractivity contribution in [1.82, 2.24) is 5.32 Å². The summed E-state index contributed by atoms with van der Waals surface area (Å²) in [5.41, 5.74) is 1.19. The lowest BCUT2D eigenvalue weighted by Gasteiger charge is -2.40. The Balaban J connectivity index is 1.55. The van der Waals surface area contributed by atoms with E-state index in [1.165, 1.54) is 24.3 Å². The largest absolute Gasteiger partial charge is 0.435 e. The molecule has 3 rings (SSSR count). The first-order valence-electron chi connectivity index (χ1n) is 8.58. The fourth-order valence-corrected chi connectivity index (χ4v) is 3.27. The van der Waals surface area contributed by atoms with Crippen LogP contribution in [0.3, 0.4) is 0 Å². The van der Waals surface area contributed by atoms with Crippen LogP contribution in [0.25, 0.3) is 0 Å². The van der Waals surface area contributed by atoms with Crippen molar-refractivity contribution in [2.75, 3.05) is 6.54 Å². The number of rotatable bonds is 7. The van der Waals surface area contributed by atoms with Gasteiger partial charge in [-0.25, -0.2) is 4.39 Å². The van der Waals surface area contributed by atoms with Gasteiger partial charge in [0.15, 0.2) is 0 Å². The van der Waals surface area contributed by atoms with Gasteiger partial charge in [-0.3, -0.25) is 4.79 Å². The van der Waals surface area contributed by atoms with Crippen LogP contribution >= 0.6 is 0 Å². The summed E-state index contributed by atoms with van der Waals surface area (Å²) in [4.78, 5) is 12.7. The van der Waals surface area contributed by atoms with Crippen molar-refractivity contribution in [1.29, 1.82) is 0 Å². The van der Waals surface area contributed by atoms with Gasteiger partial charge in [0.1, 0.15) is 11.6 Å². The number of amides is 1. The van der Waals surface area contributed by atoms with Gasteiger partial charge in [0.25, 0.3) is 0 Å². The first kappa shape index (κ1) is 18.3. The quantitative estimate of drug-likeness (QED) is 0.800. The minimum atomic E-state index is -2.84. The van der Waals surface area contributed by atoms with E-state index in [0.717, 1.165) is 30.4 Å². The highest BCUT2D eigenvalue weighted by Crippen LogP contribution is 2.43. The second-order valence-corrected chi connectivity index (χ2v) is 6.47. The molecule has 0 saturated heterocycles. The van der Waals surface area contributed by atoms with E-state index < -0.39 is 12.0 Å². The Morgan fingerprint density at radius 3 is 2.27 bits per heavy atom. The number of hydrogen-bond donors (Lipinski definition) is 1. The predicted octanol–water partition coefficient (Wildman–Crippen LogP) is 4.21.